The quantitative estimate of drug-likeness (QED) is 0.840. The summed E-state index contributed by atoms with van der Waals surface area (Å²) in [6.07, 6.45) is 6.42. The fraction of sp³-hybridized carbons (Fsp3) is 0.583. The van der Waals surface area contributed by atoms with Gasteiger partial charge in [0.2, 0.25) is 0 Å². The van der Waals surface area contributed by atoms with E-state index in [1.807, 2.05) is 0 Å². The molecule has 0 bridgehead atoms. The predicted octanol–water partition coefficient (Wildman–Crippen LogP) is 1.62. The van der Waals surface area contributed by atoms with Crippen molar-refractivity contribution in [2.75, 3.05) is 0 Å². The first-order valence-corrected chi connectivity index (χ1v) is 5.73. The van der Waals surface area contributed by atoms with Crippen molar-refractivity contribution in [1.82, 2.24) is 9.97 Å². The third kappa shape index (κ3) is 2.21. The molecule has 0 aliphatic heterocycles. The van der Waals surface area contributed by atoms with E-state index in [0.717, 1.165) is 30.7 Å². The number of carbonyl (C=O) groups is 1. The molecule has 4 heteroatoms. The van der Waals surface area contributed by atoms with E-state index in [2.05, 4.69) is 9.97 Å². The number of hydrogen-bond acceptors (Lipinski definition) is 3. The smallest absolute Gasteiger partial charge is 0.306 e. The summed E-state index contributed by atoms with van der Waals surface area (Å²) in [6, 6.07) is 0. The van der Waals surface area contributed by atoms with E-state index in [4.69, 9.17) is 5.11 Å². The monoisotopic (exact) mass is 220 g/mol. The first kappa shape index (κ1) is 11.0. The maximum absolute atomic E-state index is 10.8. The molecule has 1 aliphatic rings. The van der Waals surface area contributed by atoms with Crippen LogP contribution in [0.3, 0.4) is 0 Å². The Balaban J connectivity index is 2.24. The highest BCUT2D eigenvalue weighted by molar-refractivity contribution is 5.69. The molecule has 0 amide bonds. The second-order valence-electron chi connectivity index (χ2n) is 4.40. The summed E-state index contributed by atoms with van der Waals surface area (Å²) in [4.78, 5) is 19.3. The lowest BCUT2D eigenvalue weighted by Crippen LogP contribution is -2.17. The number of hydrogen-bond donors (Lipinski definition) is 1. The largest absolute Gasteiger partial charge is 0.481 e. The van der Waals surface area contributed by atoms with Crippen molar-refractivity contribution in [3.8, 4) is 0 Å². The van der Waals surface area contributed by atoms with Crippen LogP contribution in [-0.4, -0.2) is 21.0 Å². The Morgan fingerprint density at radius 3 is 2.94 bits per heavy atom. The van der Waals surface area contributed by atoms with Crippen molar-refractivity contribution in [1.29, 1.82) is 0 Å². The Morgan fingerprint density at radius 2 is 2.19 bits per heavy atom. The molecule has 2 rings (SSSR count). The van der Waals surface area contributed by atoms with Gasteiger partial charge in [-0.2, -0.15) is 0 Å². The predicted molar refractivity (Wildman–Crippen MR) is 59.2 cm³/mol. The van der Waals surface area contributed by atoms with Gasteiger partial charge in [0.15, 0.2) is 0 Å². The van der Waals surface area contributed by atoms with E-state index in [1.54, 1.807) is 13.3 Å². The molecule has 0 fully saturated rings. The molecule has 0 saturated carbocycles. The topological polar surface area (TPSA) is 63.1 Å². The number of aliphatic carboxylic acids is 1. The van der Waals surface area contributed by atoms with Crippen molar-refractivity contribution >= 4 is 5.97 Å². The summed E-state index contributed by atoms with van der Waals surface area (Å²) >= 11 is 0. The Hall–Kier alpha value is -1.45. The molecular formula is C12H16N2O2. The van der Waals surface area contributed by atoms with Gasteiger partial charge in [-0.1, -0.05) is 6.92 Å². The number of fused-ring (bicyclic) bond motifs is 1. The summed E-state index contributed by atoms with van der Waals surface area (Å²) in [5.74, 6) is -1.14. The van der Waals surface area contributed by atoms with Crippen LogP contribution >= 0.6 is 0 Å². The summed E-state index contributed by atoms with van der Waals surface area (Å²) in [5, 5.41) is 8.90. The molecule has 0 radical (unpaired) electrons. The zero-order valence-corrected chi connectivity index (χ0v) is 9.44. The minimum absolute atomic E-state index is 0.374. The van der Waals surface area contributed by atoms with Gasteiger partial charge in [0.05, 0.1) is 5.92 Å². The van der Waals surface area contributed by atoms with Crippen LogP contribution in [0.4, 0.5) is 0 Å². The molecule has 1 aromatic rings. The molecule has 1 heterocycles. The standard InChI is InChI=1S/C12H16N2O2/c1-8(12(15)16)6-11-9-4-2-3-5-10(9)13-7-14-11/h7-8H,2-6H2,1H3,(H,15,16). The molecule has 86 valence electrons. The molecule has 4 nitrogen and oxygen atoms in total. The molecule has 0 saturated heterocycles. The second kappa shape index (κ2) is 4.60. The number of aryl methyl sites for hydroxylation is 1. The molecule has 16 heavy (non-hydrogen) atoms. The number of carboxylic acid groups (broad SMARTS) is 1. The van der Waals surface area contributed by atoms with Gasteiger partial charge in [-0.25, -0.2) is 9.97 Å². The highest BCUT2D eigenvalue weighted by Gasteiger charge is 2.19. The van der Waals surface area contributed by atoms with Crippen molar-refractivity contribution < 1.29 is 9.90 Å². The Kier molecular flexibility index (Phi) is 3.17. The summed E-state index contributed by atoms with van der Waals surface area (Å²) in [5.41, 5.74) is 3.25. The normalized spacial score (nSPS) is 16.6. The van der Waals surface area contributed by atoms with Gasteiger partial charge in [-0.15, -0.1) is 0 Å². The maximum Gasteiger partial charge on any atom is 0.306 e. The van der Waals surface area contributed by atoms with E-state index < -0.39 is 5.97 Å². The number of rotatable bonds is 3. The van der Waals surface area contributed by atoms with Crippen molar-refractivity contribution in [2.24, 2.45) is 5.92 Å². The van der Waals surface area contributed by atoms with Crippen molar-refractivity contribution in [3.05, 3.63) is 23.3 Å². The van der Waals surface area contributed by atoms with Crippen LogP contribution in [0.2, 0.25) is 0 Å². The first-order valence-electron chi connectivity index (χ1n) is 5.73. The van der Waals surface area contributed by atoms with Gasteiger partial charge in [-0.05, 0) is 31.2 Å². The van der Waals surface area contributed by atoms with E-state index in [1.165, 1.54) is 12.0 Å². The third-order valence-electron chi connectivity index (χ3n) is 3.14. The molecule has 1 unspecified atom stereocenters. The number of aromatic nitrogens is 2. The van der Waals surface area contributed by atoms with Gasteiger partial charge in [0, 0.05) is 17.8 Å². The van der Waals surface area contributed by atoms with Gasteiger partial charge < -0.3 is 5.11 Å². The molecule has 1 aromatic heterocycles. The summed E-state index contributed by atoms with van der Waals surface area (Å²) < 4.78 is 0. The zero-order chi connectivity index (χ0) is 11.5. The third-order valence-corrected chi connectivity index (χ3v) is 3.14. The number of carboxylic acids is 1. The summed E-state index contributed by atoms with van der Waals surface area (Å²) in [6.45, 7) is 1.72. The van der Waals surface area contributed by atoms with Crippen LogP contribution in [-0.2, 0) is 24.1 Å². The highest BCUT2D eigenvalue weighted by Crippen LogP contribution is 2.22. The fourth-order valence-corrected chi connectivity index (χ4v) is 2.14. The average molecular weight is 220 g/mol. The SMILES string of the molecule is CC(Cc1ncnc2c1CCCC2)C(=O)O. The molecule has 1 atom stereocenters. The van der Waals surface area contributed by atoms with Crippen LogP contribution in [0.5, 0.6) is 0 Å². The van der Waals surface area contributed by atoms with E-state index in [-0.39, 0.29) is 5.92 Å². The van der Waals surface area contributed by atoms with E-state index in [0.29, 0.717) is 6.42 Å². The van der Waals surface area contributed by atoms with Crippen LogP contribution in [0.15, 0.2) is 6.33 Å². The lowest BCUT2D eigenvalue weighted by atomic mass is 9.91. The van der Waals surface area contributed by atoms with E-state index >= 15 is 0 Å². The van der Waals surface area contributed by atoms with E-state index in [9.17, 15) is 4.79 Å². The Bertz CT molecular complexity index is 404. The minimum Gasteiger partial charge on any atom is -0.481 e. The second-order valence-corrected chi connectivity index (χ2v) is 4.40. The maximum atomic E-state index is 10.8. The molecule has 1 N–H and O–H groups in total. The van der Waals surface area contributed by atoms with Gasteiger partial charge in [0.1, 0.15) is 6.33 Å². The fourth-order valence-electron chi connectivity index (χ4n) is 2.14. The molecule has 0 spiro atoms. The van der Waals surface area contributed by atoms with Crippen LogP contribution in [0.25, 0.3) is 0 Å². The van der Waals surface area contributed by atoms with Gasteiger partial charge in [0.25, 0.3) is 0 Å². The molecule has 0 aromatic carbocycles. The van der Waals surface area contributed by atoms with Gasteiger partial charge >= 0.3 is 5.97 Å². The van der Waals surface area contributed by atoms with Crippen molar-refractivity contribution in [2.45, 2.75) is 39.0 Å². The minimum atomic E-state index is -0.761. The lowest BCUT2D eigenvalue weighted by molar-refractivity contribution is -0.141. The van der Waals surface area contributed by atoms with Crippen molar-refractivity contribution in [3.63, 3.8) is 0 Å². The van der Waals surface area contributed by atoms with Crippen LogP contribution in [0, 0.1) is 5.92 Å². The molecular weight excluding hydrogens is 204 g/mol. The van der Waals surface area contributed by atoms with Crippen LogP contribution < -0.4 is 0 Å². The number of nitrogens with zero attached hydrogens (tertiary/aromatic N) is 2. The van der Waals surface area contributed by atoms with Gasteiger partial charge in [-0.3, -0.25) is 4.79 Å². The Morgan fingerprint density at radius 1 is 1.44 bits per heavy atom. The highest BCUT2D eigenvalue weighted by atomic mass is 16.4. The Labute approximate surface area is 94.7 Å². The molecule has 1 aliphatic carbocycles. The first-order chi connectivity index (χ1) is 7.68. The lowest BCUT2D eigenvalue weighted by Gasteiger charge is -2.18. The van der Waals surface area contributed by atoms with Crippen LogP contribution in [0.1, 0.15) is 36.7 Å². The average Bonchev–Trinajstić information content (AvgIpc) is 2.29. The summed E-state index contributed by atoms with van der Waals surface area (Å²) in [7, 11) is 0. The zero-order valence-electron chi connectivity index (χ0n) is 9.44.